The van der Waals surface area contributed by atoms with Crippen LogP contribution in [0, 0.1) is 25.5 Å². The monoisotopic (exact) mass is 576 g/mol. The van der Waals surface area contributed by atoms with Crippen molar-refractivity contribution < 1.29 is 27.9 Å². The third-order valence-corrected chi connectivity index (χ3v) is 7.24. The number of pyridine rings is 1. The number of rotatable bonds is 6. The van der Waals surface area contributed by atoms with Crippen LogP contribution in [0.2, 0.25) is 0 Å². The average Bonchev–Trinajstić information content (AvgIpc) is 3.36. The van der Waals surface area contributed by atoms with Crippen LogP contribution < -0.4 is 16.0 Å². The third-order valence-electron chi connectivity index (χ3n) is 7.24. The number of nitrogens with zero attached hydrogens (tertiary/aromatic N) is 3. The molecule has 0 radical (unpaired) electrons. The molecule has 4 N–H and O–H groups in total. The zero-order valence-corrected chi connectivity index (χ0v) is 23.5. The lowest BCUT2D eigenvalue weighted by atomic mass is 9.69. The highest BCUT2D eigenvalue weighted by Crippen LogP contribution is 2.42. The van der Waals surface area contributed by atoms with E-state index in [1.165, 1.54) is 0 Å². The number of urea groups is 1. The van der Waals surface area contributed by atoms with E-state index in [-0.39, 0.29) is 24.6 Å². The molecule has 0 saturated carbocycles. The Hall–Kier alpha value is -4.71. The van der Waals surface area contributed by atoms with E-state index in [1.807, 2.05) is 19.9 Å². The van der Waals surface area contributed by atoms with Crippen LogP contribution in [0.15, 0.2) is 52.9 Å². The largest absolute Gasteiger partial charge is 0.424 e. The molecule has 42 heavy (non-hydrogen) atoms. The molecule has 4 aromatic rings. The molecule has 2 atom stereocenters. The first-order valence-corrected chi connectivity index (χ1v) is 13.3. The minimum absolute atomic E-state index is 0.0103. The van der Waals surface area contributed by atoms with Crippen molar-refractivity contribution >= 4 is 17.6 Å². The van der Waals surface area contributed by atoms with Gasteiger partial charge in [0.2, 0.25) is 11.8 Å². The fourth-order valence-corrected chi connectivity index (χ4v) is 5.24. The molecule has 12 heteroatoms. The maximum Gasteiger partial charge on any atom is 0.319 e. The van der Waals surface area contributed by atoms with Crippen LogP contribution in [-0.4, -0.2) is 38.3 Å². The van der Waals surface area contributed by atoms with Gasteiger partial charge in [0.1, 0.15) is 5.69 Å². The lowest BCUT2D eigenvalue weighted by Crippen LogP contribution is -2.45. The van der Waals surface area contributed by atoms with Gasteiger partial charge in [0.05, 0.1) is 30.1 Å². The van der Waals surface area contributed by atoms with Crippen LogP contribution in [0.5, 0.6) is 0 Å². The molecule has 0 fully saturated rings. The summed E-state index contributed by atoms with van der Waals surface area (Å²) in [5, 5.41) is 26.7. The molecular formula is C30H30F2N6O4. The Labute approximate surface area is 240 Å². The first-order chi connectivity index (χ1) is 19.9. The van der Waals surface area contributed by atoms with Gasteiger partial charge >= 0.3 is 6.03 Å². The highest BCUT2D eigenvalue weighted by molar-refractivity contribution is 5.98. The topological polar surface area (TPSA) is 142 Å². The number of aliphatic hydroxyl groups is 1. The molecule has 0 unspecified atom stereocenters. The second-order valence-electron chi connectivity index (χ2n) is 10.9. The summed E-state index contributed by atoms with van der Waals surface area (Å²) in [6, 6.07) is 11.0. The molecule has 3 amide bonds. The highest BCUT2D eigenvalue weighted by atomic mass is 19.2. The number of hydrogen-bond acceptors (Lipinski definition) is 7. The van der Waals surface area contributed by atoms with E-state index in [1.54, 1.807) is 44.2 Å². The molecule has 2 heterocycles. The van der Waals surface area contributed by atoms with Gasteiger partial charge in [-0.05, 0) is 53.6 Å². The van der Waals surface area contributed by atoms with Crippen molar-refractivity contribution in [2.75, 3.05) is 5.32 Å². The second-order valence-corrected chi connectivity index (χ2v) is 10.9. The molecule has 10 nitrogen and oxygen atoms in total. The number of nitrogens with one attached hydrogen (secondary N) is 3. The van der Waals surface area contributed by atoms with Crippen LogP contribution in [0.1, 0.15) is 65.3 Å². The Kier molecular flexibility index (Phi) is 7.74. The van der Waals surface area contributed by atoms with Crippen LogP contribution in [0.3, 0.4) is 0 Å². The molecule has 0 spiro atoms. The molecule has 2 aromatic heterocycles. The molecule has 1 aliphatic carbocycles. The van der Waals surface area contributed by atoms with E-state index in [0.29, 0.717) is 39.5 Å². The molecule has 5 rings (SSSR count). The van der Waals surface area contributed by atoms with Gasteiger partial charge in [-0.2, -0.15) is 0 Å². The molecule has 0 bridgehead atoms. The van der Waals surface area contributed by atoms with Gasteiger partial charge in [0.15, 0.2) is 11.6 Å². The van der Waals surface area contributed by atoms with Gasteiger partial charge in [0.25, 0.3) is 5.91 Å². The number of aromatic nitrogens is 3. The van der Waals surface area contributed by atoms with E-state index in [0.717, 1.165) is 12.1 Å². The fourth-order valence-electron chi connectivity index (χ4n) is 5.24. The zero-order valence-electron chi connectivity index (χ0n) is 23.5. The van der Waals surface area contributed by atoms with Gasteiger partial charge in [-0.3, -0.25) is 4.79 Å². The summed E-state index contributed by atoms with van der Waals surface area (Å²) in [6.07, 6.45) is -0.830. The van der Waals surface area contributed by atoms with E-state index in [2.05, 4.69) is 31.1 Å². The molecule has 0 aliphatic heterocycles. The minimum atomic E-state index is -1.07. The molecule has 218 valence electrons. The number of halogens is 2. The Morgan fingerprint density at radius 3 is 2.48 bits per heavy atom. The molecule has 0 saturated heterocycles. The van der Waals surface area contributed by atoms with E-state index >= 15 is 0 Å². The van der Waals surface area contributed by atoms with Crippen LogP contribution in [-0.2, 0) is 12.0 Å². The van der Waals surface area contributed by atoms with Crippen molar-refractivity contribution in [1.29, 1.82) is 0 Å². The molecule has 2 aromatic carbocycles. The van der Waals surface area contributed by atoms with Crippen LogP contribution >= 0.6 is 0 Å². The number of amides is 3. The summed E-state index contributed by atoms with van der Waals surface area (Å²) in [5.41, 5.74) is 2.04. The third kappa shape index (κ3) is 5.84. The maximum absolute atomic E-state index is 14.2. The minimum Gasteiger partial charge on any atom is -0.424 e. The number of carbonyl (C=O) groups excluding carboxylic acids is 2. The molecule has 1 aliphatic rings. The lowest BCUT2D eigenvalue weighted by Gasteiger charge is -2.40. The van der Waals surface area contributed by atoms with Crippen molar-refractivity contribution in [2.24, 2.45) is 0 Å². The Balaban J connectivity index is 1.42. The lowest BCUT2D eigenvalue weighted by molar-refractivity contribution is 0.0878. The Morgan fingerprint density at radius 1 is 1.07 bits per heavy atom. The van der Waals surface area contributed by atoms with Gasteiger partial charge < -0.3 is 25.5 Å². The second kappa shape index (κ2) is 11.3. The number of aliphatic hydroxyl groups excluding tert-OH is 1. The number of anilines is 1. The fraction of sp³-hybridized carbons (Fsp3) is 0.300. The van der Waals surface area contributed by atoms with Crippen molar-refractivity contribution in [2.45, 2.75) is 58.2 Å². The first kappa shape index (κ1) is 28.8. The quantitative estimate of drug-likeness (QED) is 0.257. The van der Waals surface area contributed by atoms with Crippen LogP contribution in [0.4, 0.5) is 19.3 Å². The van der Waals surface area contributed by atoms with Gasteiger partial charge in [-0.1, -0.05) is 44.2 Å². The van der Waals surface area contributed by atoms with Crippen molar-refractivity contribution in [3.63, 3.8) is 0 Å². The summed E-state index contributed by atoms with van der Waals surface area (Å²) in [7, 11) is 0. The van der Waals surface area contributed by atoms with Gasteiger partial charge in [0, 0.05) is 12.5 Å². The van der Waals surface area contributed by atoms with Gasteiger partial charge in [-0.15, -0.1) is 10.2 Å². The van der Waals surface area contributed by atoms with Crippen molar-refractivity contribution in [3.05, 3.63) is 94.3 Å². The van der Waals surface area contributed by atoms with Crippen molar-refractivity contribution in [1.82, 2.24) is 25.8 Å². The summed E-state index contributed by atoms with van der Waals surface area (Å²) < 4.78 is 33.7. The number of aryl methyl sites for hydroxylation is 2. The van der Waals surface area contributed by atoms with E-state index < -0.39 is 41.1 Å². The van der Waals surface area contributed by atoms with E-state index in [4.69, 9.17) is 4.42 Å². The number of carbonyl (C=O) groups is 2. The number of benzene rings is 2. The SMILES string of the molecule is Cc1nnc(CNC(=O)c2nc(-c3ccccc3)c(NC(=O)N[C@@H]3c4cc(F)c(F)cc4C(C)(C)C[C@@H]3O)cc2C)o1. The predicted octanol–water partition coefficient (Wildman–Crippen LogP) is 4.86. The average molecular weight is 577 g/mol. The Bertz CT molecular complexity index is 1660. The predicted molar refractivity (Wildman–Crippen MR) is 150 cm³/mol. The van der Waals surface area contributed by atoms with E-state index in [9.17, 15) is 23.5 Å². The zero-order chi connectivity index (χ0) is 30.2. The Morgan fingerprint density at radius 2 is 1.79 bits per heavy atom. The summed E-state index contributed by atoms with van der Waals surface area (Å²) >= 11 is 0. The number of fused-ring (bicyclic) bond motifs is 1. The first-order valence-electron chi connectivity index (χ1n) is 13.3. The standard InChI is InChI=1S/C30H30F2N6O4/c1-15-10-22(34-29(41)36-27-18-11-20(31)21(32)12-19(18)30(3,4)13-23(27)39)26(17-8-6-5-7-9-17)35-25(15)28(40)33-14-24-38-37-16(2)42-24/h5-12,23,27,39H,13-14H2,1-4H3,(H,33,40)(H2,34,36,41)/t23-,27+/m0/s1. The summed E-state index contributed by atoms with van der Waals surface area (Å²) in [5.74, 6) is -1.92. The summed E-state index contributed by atoms with van der Waals surface area (Å²) in [4.78, 5) is 30.9. The maximum atomic E-state index is 14.2. The van der Waals surface area contributed by atoms with Crippen molar-refractivity contribution in [3.8, 4) is 11.3 Å². The summed E-state index contributed by atoms with van der Waals surface area (Å²) in [6.45, 7) is 6.98. The van der Waals surface area contributed by atoms with Crippen LogP contribution in [0.25, 0.3) is 11.3 Å². The smallest absolute Gasteiger partial charge is 0.319 e. The highest BCUT2D eigenvalue weighted by Gasteiger charge is 2.40. The normalized spacial score (nSPS) is 17.3. The number of hydrogen-bond donors (Lipinski definition) is 4. The van der Waals surface area contributed by atoms with Gasteiger partial charge in [-0.25, -0.2) is 18.6 Å². The molecular weight excluding hydrogens is 546 g/mol.